The van der Waals surface area contributed by atoms with Crippen molar-refractivity contribution in [3.63, 3.8) is 0 Å². The van der Waals surface area contributed by atoms with Crippen molar-refractivity contribution in [3.05, 3.63) is 35.5 Å². The Balaban J connectivity index is 1.81. The zero-order chi connectivity index (χ0) is 21.2. The third-order valence-electron chi connectivity index (χ3n) is 5.29. The molecule has 1 atom stereocenters. The molecular weight excluding hydrogens is 370 g/mol. The van der Waals surface area contributed by atoms with Gasteiger partial charge in [-0.15, -0.1) is 0 Å². The molecule has 0 spiro atoms. The normalized spacial score (nSPS) is 16.3. The summed E-state index contributed by atoms with van der Waals surface area (Å²) in [6, 6.07) is 3.83. The number of rotatable bonds is 6. The molecule has 1 aliphatic heterocycles. The van der Waals surface area contributed by atoms with Crippen molar-refractivity contribution in [3.8, 4) is 17.2 Å². The largest absolute Gasteiger partial charge is 0.496 e. The minimum absolute atomic E-state index is 0.0519. The summed E-state index contributed by atoms with van der Waals surface area (Å²) in [7, 11) is 4.96. The first-order chi connectivity index (χ1) is 13.8. The van der Waals surface area contributed by atoms with E-state index in [1.54, 1.807) is 21.3 Å². The predicted molar refractivity (Wildman–Crippen MR) is 112 cm³/mol. The third-order valence-corrected chi connectivity index (χ3v) is 5.29. The molecule has 2 heterocycles. The minimum atomic E-state index is -0.127. The van der Waals surface area contributed by atoms with Gasteiger partial charge in [-0.25, -0.2) is 0 Å². The monoisotopic (exact) mass is 401 g/mol. The number of methoxy groups -OCH3 is 3. The number of hydrogen-bond acceptors (Lipinski definition) is 7. The predicted octanol–water partition coefficient (Wildman–Crippen LogP) is 4.24. The highest BCUT2D eigenvalue weighted by Gasteiger charge is 2.28. The molecular formula is C22H31N3O4. The van der Waals surface area contributed by atoms with Gasteiger partial charge < -0.3 is 18.7 Å². The van der Waals surface area contributed by atoms with Gasteiger partial charge in [-0.05, 0) is 18.9 Å². The summed E-state index contributed by atoms with van der Waals surface area (Å²) in [5.41, 5.74) is 2.05. The van der Waals surface area contributed by atoms with Crippen molar-refractivity contribution in [2.75, 3.05) is 34.4 Å². The molecule has 1 aromatic heterocycles. The first-order valence-corrected chi connectivity index (χ1v) is 9.86. The number of aromatic nitrogens is 2. The van der Waals surface area contributed by atoms with Gasteiger partial charge in [0, 0.05) is 30.6 Å². The highest BCUT2D eigenvalue weighted by molar-refractivity contribution is 5.77. The van der Waals surface area contributed by atoms with Crippen LogP contribution in [0.2, 0.25) is 0 Å². The van der Waals surface area contributed by atoms with Gasteiger partial charge >= 0.3 is 0 Å². The van der Waals surface area contributed by atoms with Gasteiger partial charge in [-0.2, -0.15) is 4.98 Å². The van der Waals surface area contributed by atoms with Gasteiger partial charge in [0.25, 0.3) is 0 Å². The van der Waals surface area contributed by atoms with E-state index in [-0.39, 0.29) is 11.5 Å². The molecule has 1 unspecified atom stereocenters. The van der Waals surface area contributed by atoms with Crippen molar-refractivity contribution >= 4 is 5.57 Å². The van der Waals surface area contributed by atoms with Crippen molar-refractivity contribution in [2.24, 2.45) is 0 Å². The Morgan fingerprint density at radius 1 is 1.07 bits per heavy atom. The molecule has 0 saturated heterocycles. The van der Waals surface area contributed by atoms with Crippen molar-refractivity contribution in [2.45, 2.75) is 45.6 Å². The Morgan fingerprint density at radius 3 is 2.17 bits per heavy atom. The molecule has 1 aliphatic rings. The third kappa shape index (κ3) is 4.40. The summed E-state index contributed by atoms with van der Waals surface area (Å²) >= 11 is 0. The summed E-state index contributed by atoms with van der Waals surface area (Å²) in [6.07, 6.45) is 3.08. The molecule has 0 bridgehead atoms. The van der Waals surface area contributed by atoms with E-state index in [9.17, 15) is 0 Å². The zero-order valence-corrected chi connectivity index (χ0v) is 18.4. The average Bonchev–Trinajstić information content (AvgIpc) is 3.23. The Labute approximate surface area is 172 Å². The lowest BCUT2D eigenvalue weighted by atomic mass is 9.96. The van der Waals surface area contributed by atoms with E-state index in [0.717, 1.165) is 42.4 Å². The lowest BCUT2D eigenvalue weighted by Gasteiger charge is -2.30. The van der Waals surface area contributed by atoms with E-state index in [4.69, 9.17) is 18.7 Å². The molecule has 7 nitrogen and oxygen atoms in total. The first-order valence-electron chi connectivity index (χ1n) is 9.86. The molecule has 0 fully saturated rings. The van der Waals surface area contributed by atoms with E-state index >= 15 is 0 Å². The van der Waals surface area contributed by atoms with E-state index in [0.29, 0.717) is 11.6 Å². The van der Waals surface area contributed by atoms with Crippen molar-refractivity contribution in [1.82, 2.24) is 15.0 Å². The van der Waals surface area contributed by atoms with E-state index < -0.39 is 0 Å². The fourth-order valence-electron chi connectivity index (χ4n) is 3.45. The average molecular weight is 402 g/mol. The smallest absolute Gasteiger partial charge is 0.243 e. The fourth-order valence-corrected chi connectivity index (χ4v) is 3.45. The van der Waals surface area contributed by atoms with Crippen LogP contribution >= 0.6 is 0 Å². The van der Waals surface area contributed by atoms with Crippen LogP contribution in [0.1, 0.15) is 57.4 Å². The van der Waals surface area contributed by atoms with Crippen LogP contribution in [0.15, 0.2) is 22.7 Å². The van der Waals surface area contributed by atoms with E-state index in [1.165, 1.54) is 5.57 Å². The molecule has 158 valence electrons. The van der Waals surface area contributed by atoms with Crippen LogP contribution in [-0.2, 0) is 5.41 Å². The quantitative estimate of drug-likeness (QED) is 0.717. The Bertz CT molecular complexity index is 857. The fraction of sp³-hybridized carbons (Fsp3) is 0.545. The summed E-state index contributed by atoms with van der Waals surface area (Å²) in [5, 5.41) is 4.15. The second kappa shape index (κ2) is 8.45. The standard InChI is InChI=1S/C22H31N3O4/c1-14(20-23-21(24-29-20)22(2,3)4)25-10-8-15(9-11-25)19-17(27-6)12-16(26-5)13-18(19)28-7/h8,12-14H,9-11H2,1-7H3. The molecule has 0 N–H and O–H groups in total. The maximum absolute atomic E-state index is 5.61. The van der Waals surface area contributed by atoms with Crippen LogP contribution in [0.25, 0.3) is 5.57 Å². The molecule has 29 heavy (non-hydrogen) atoms. The number of ether oxygens (including phenoxy) is 3. The van der Waals surface area contributed by atoms with Gasteiger partial charge in [0.2, 0.25) is 5.89 Å². The van der Waals surface area contributed by atoms with Crippen LogP contribution < -0.4 is 14.2 Å². The molecule has 1 aromatic carbocycles. The molecule has 0 aliphatic carbocycles. The SMILES string of the molecule is COc1cc(OC)c(C2=CCN(C(C)c3nc(C(C)(C)C)no3)CC2)c(OC)c1. The molecule has 3 rings (SSSR count). The molecule has 0 saturated carbocycles. The van der Waals surface area contributed by atoms with Gasteiger partial charge in [0.15, 0.2) is 5.82 Å². The first kappa shape index (κ1) is 21.2. The summed E-state index contributed by atoms with van der Waals surface area (Å²) in [5.74, 6) is 3.60. The summed E-state index contributed by atoms with van der Waals surface area (Å²) in [6.45, 7) is 10.0. The van der Waals surface area contributed by atoms with Gasteiger partial charge in [0.05, 0.1) is 32.9 Å². The van der Waals surface area contributed by atoms with Gasteiger partial charge in [-0.3, -0.25) is 4.90 Å². The van der Waals surface area contributed by atoms with Crippen LogP contribution in [-0.4, -0.2) is 49.5 Å². The van der Waals surface area contributed by atoms with Crippen LogP contribution in [0.3, 0.4) is 0 Å². The van der Waals surface area contributed by atoms with E-state index in [2.05, 4.69) is 48.8 Å². The number of nitrogens with zero attached hydrogens (tertiary/aromatic N) is 3. The lowest BCUT2D eigenvalue weighted by Crippen LogP contribution is -2.31. The second-order valence-corrected chi connectivity index (χ2v) is 8.26. The highest BCUT2D eigenvalue weighted by Crippen LogP contribution is 2.41. The zero-order valence-electron chi connectivity index (χ0n) is 18.4. The van der Waals surface area contributed by atoms with Crippen molar-refractivity contribution < 1.29 is 18.7 Å². The number of hydrogen-bond donors (Lipinski definition) is 0. The topological polar surface area (TPSA) is 69.9 Å². The Hall–Kier alpha value is -2.54. The summed E-state index contributed by atoms with van der Waals surface area (Å²) < 4.78 is 22.1. The van der Waals surface area contributed by atoms with Gasteiger partial charge in [0.1, 0.15) is 17.2 Å². The second-order valence-electron chi connectivity index (χ2n) is 8.26. The Morgan fingerprint density at radius 2 is 1.72 bits per heavy atom. The molecule has 2 aromatic rings. The van der Waals surface area contributed by atoms with E-state index in [1.807, 2.05) is 12.1 Å². The molecule has 0 amide bonds. The van der Waals surface area contributed by atoms with Crippen LogP contribution in [0.5, 0.6) is 17.2 Å². The maximum Gasteiger partial charge on any atom is 0.243 e. The molecule has 7 heteroatoms. The van der Waals surface area contributed by atoms with Crippen molar-refractivity contribution in [1.29, 1.82) is 0 Å². The minimum Gasteiger partial charge on any atom is -0.496 e. The molecule has 0 radical (unpaired) electrons. The maximum atomic E-state index is 5.61. The van der Waals surface area contributed by atoms with Crippen LogP contribution in [0.4, 0.5) is 0 Å². The number of benzene rings is 1. The lowest BCUT2D eigenvalue weighted by molar-refractivity contribution is 0.189. The highest BCUT2D eigenvalue weighted by atomic mass is 16.5. The summed E-state index contributed by atoms with van der Waals surface area (Å²) in [4.78, 5) is 6.94. The Kier molecular flexibility index (Phi) is 6.17. The van der Waals surface area contributed by atoms with Gasteiger partial charge in [-0.1, -0.05) is 32.0 Å². The van der Waals surface area contributed by atoms with Crippen LogP contribution in [0, 0.1) is 0 Å².